The number of Topliss-reactive ketones (excluding diaryl/α,β-unsaturated/α-hetero) is 1. The monoisotopic (exact) mass is 451 g/mol. The summed E-state index contributed by atoms with van der Waals surface area (Å²) in [5, 5.41) is 10.1. The molecule has 0 bridgehead atoms. The van der Waals surface area contributed by atoms with Crippen LogP contribution >= 0.6 is 0 Å². The van der Waals surface area contributed by atoms with E-state index in [9.17, 15) is 19.1 Å². The van der Waals surface area contributed by atoms with E-state index >= 15 is 0 Å². The summed E-state index contributed by atoms with van der Waals surface area (Å²) in [7, 11) is 1.37. The first-order chi connectivity index (χ1) is 15.8. The Bertz CT molecular complexity index is 1100. The van der Waals surface area contributed by atoms with E-state index in [1.807, 2.05) is 30.3 Å². The van der Waals surface area contributed by atoms with Crippen LogP contribution < -0.4 is 4.74 Å². The summed E-state index contributed by atoms with van der Waals surface area (Å²) in [6, 6.07) is 17.0. The second kappa shape index (κ2) is 10.7. The van der Waals surface area contributed by atoms with Crippen molar-refractivity contribution in [2.24, 2.45) is 5.92 Å². The molecule has 0 aliphatic carbocycles. The first-order valence-electron chi connectivity index (χ1n) is 10.6. The second-order valence-electron chi connectivity index (χ2n) is 7.82. The summed E-state index contributed by atoms with van der Waals surface area (Å²) in [5.41, 5.74) is 1.56. The topological polar surface area (TPSA) is 85.7 Å². The van der Waals surface area contributed by atoms with Gasteiger partial charge in [-0.05, 0) is 30.2 Å². The molecule has 3 atom stereocenters. The standard InChI is InChI=1S/C26H26FNO5/c1-16(15-21(29)24-25(30)22(32-3)13-14-28-24)26(31)33-17(2)23(18-7-5-4-6-8-18)19-9-11-20(27)12-10-19/h4-14,16-17,23,30H,15H2,1-3H3/t16-,17+,23-/m1/s1. The molecule has 6 nitrogen and oxygen atoms in total. The van der Waals surface area contributed by atoms with Gasteiger partial charge in [0.1, 0.15) is 11.9 Å². The minimum Gasteiger partial charge on any atom is -0.503 e. The molecule has 3 aromatic rings. The van der Waals surface area contributed by atoms with Crippen molar-refractivity contribution >= 4 is 11.8 Å². The van der Waals surface area contributed by atoms with Gasteiger partial charge in [-0.25, -0.2) is 9.37 Å². The van der Waals surface area contributed by atoms with Crippen molar-refractivity contribution in [2.45, 2.75) is 32.3 Å². The van der Waals surface area contributed by atoms with E-state index in [0.717, 1.165) is 11.1 Å². The molecule has 3 rings (SSSR count). The second-order valence-corrected chi connectivity index (χ2v) is 7.82. The minimum absolute atomic E-state index is 0.127. The Morgan fingerprint density at radius 2 is 1.64 bits per heavy atom. The molecule has 0 saturated heterocycles. The highest BCUT2D eigenvalue weighted by atomic mass is 19.1. The summed E-state index contributed by atoms with van der Waals surface area (Å²) in [6.07, 6.45) is 0.585. The number of esters is 1. The zero-order valence-corrected chi connectivity index (χ0v) is 18.7. The first kappa shape index (κ1) is 23.9. The number of ether oxygens (including phenoxy) is 2. The maximum atomic E-state index is 13.5. The number of carbonyl (C=O) groups is 2. The SMILES string of the molecule is COc1ccnc(C(=O)C[C@@H](C)C(=O)O[C@@H](C)[C@H](c2ccccc2)c2ccc(F)cc2)c1O. The molecular weight excluding hydrogens is 425 g/mol. The summed E-state index contributed by atoms with van der Waals surface area (Å²) >= 11 is 0. The number of aromatic hydroxyl groups is 1. The maximum absolute atomic E-state index is 13.5. The van der Waals surface area contributed by atoms with Crippen molar-refractivity contribution < 1.29 is 28.6 Å². The van der Waals surface area contributed by atoms with E-state index in [4.69, 9.17) is 9.47 Å². The van der Waals surface area contributed by atoms with Gasteiger partial charge in [-0.2, -0.15) is 0 Å². The molecule has 0 fully saturated rings. The number of carbonyl (C=O) groups excluding carboxylic acids is 2. The van der Waals surface area contributed by atoms with E-state index < -0.39 is 23.8 Å². The van der Waals surface area contributed by atoms with E-state index in [2.05, 4.69) is 4.98 Å². The van der Waals surface area contributed by atoms with Crippen molar-refractivity contribution in [3.05, 3.63) is 89.5 Å². The van der Waals surface area contributed by atoms with Crippen LogP contribution in [0.25, 0.3) is 0 Å². The average molecular weight is 451 g/mol. The van der Waals surface area contributed by atoms with Gasteiger partial charge < -0.3 is 14.6 Å². The van der Waals surface area contributed by atoms with Crippen LogP contribution in [0.3, 0.4) is 0 Å². The molecule has 0 spiro atoms. The number of hydrogen-bond acceptors (Lipinski definition) is 6. The molecule has 1 N–H and O–H groups in total. The first-order valence-corrected chi connectivity index (χ1v) is 10.6. The predicted octanol–water partition coefficient (Wildman–Crippen LogP) is 4.91. The molecule has 0 unspecified atom stereocenters. The fourth-order valence-electron chi connectivity index (χ4n) is 3.70. The Kier molecular flexibility index (Phi) is 7.77. The number of benzene rings is 2. The number of ketones is 1. The molecule has 7 heteroatoms. The molecule has 172 valence electrons. The lowest BCUT2D eigenvalue weighted by Crippen LogP contribution is -2.28. The highest BCUT2D eigenvalue weighted by molar-refractivity contribution is 5.99. The summed E-state index contributed by atoms with van der Waals surface area (Å²) in [5.74, 6) is -2.72. The van der Waals surface area contributed by atoms with Crippen LogP contribution in [0.5, 0.6) is 11.5 Å². The lowest BCUT2D eigenvalue weighted by atomic mass is 9.87. The van der Waals surface area contributed by atoms with Crippen molar-refractivity contribution in [1.82, 2.24) is 4.98 Å². The van der Waals surface area contributed by atoms with Crippen LogP contribution in [0.2, 0.25) is 0 Å². The number of nitrogens with zero attached hydrogens (tertiary/aromatic N) is 1. The minimum atomic E-state index is -0.767. The van der Waals surface area contributed by atoms with Gasteiger partial charge in [0.05, 0.1) is 13.0 Å². The van der Waals surface area contributed by atoms with Crippen LogP contribution in [0.1, 0.15) is 47.8 Å². The number of methoxy groups -OCH3 is 1. The molecule has 33 heavy (non-hydrogen) atoms. The summed E-state index contributed by atoms with van der Waals surface area (Å²) in [4.78, 5) is 29.3. The number of hydrogen-bond donors (Lipinski definition) is 1. The van der Waals surface area contributed by atoms with E-state index in [-0.39, 0.29) is 35.3 Å². The van der Waals surface area contributed by atoms with E-state index in [1.165, 1.54) is 31.5 Å². The third kappa shape index (κ3) is 5.74. The molecule has 1 heterocycles. The fraction of sp³-hybridized carbons (Fsp3) is 0.269. The Morgan fingerprint density at radius 1 is 1.00 bits per heavy atom. The Labute approximate surface area is 192 Å². The van der Waals surface area contributed by atoms with Gasteiger partial charge in [0.25, 0.3) is 0 Å². The quantitative estimate of drug-likeness (QED) is 0.368. The zero-order valence-electron chi connectivity index (χ0n) is 18.7. The van der Waals surface area contributed by atoms with Crippen molar-refractivity contribution in [3.8, 4) is 11.5 Å². The molecule has 0 aliphatic rings. The lowest BCUT2D eigenvalue weighted by molar-refractivity contribution is -0.153. The molecule has 0 radical (unpaired) electrons. The van der Waals surface area contributed by atoms with Crippen molar-refractivity contribution in [1.29, 1.82) is 0 Å². The number of rotatable bonds is 9. The molecule has 0 amide bonds. The number of halogens is 1. The predicted molar refractivity (Wildman–Crippen MR) is 121 cm³/mol. The Balaban J connectivity index is 1.74. The van der Waals surface area contributed by atoms with Gasteiger partial charge in [0.15, 0.2) is 23.0 Å². The molecular formula is C26H26FNO5. The van der Waals surface area contributed by atoms with Crippen LogP contribution in [0, 0.1) is 11.7 Å². The van der Waals surface area contributed by atoms with Crippen molar-refractivity contribution in [3.63, 3.8) is 0 Å². The van der Waals surface area contributed by atoms with Crippen LogP contribution in [0.4, 0.5) is 4.39 Å². The third-order valence-electron chi connectivity index (χ3n) is 5.42. The normalized spacial score (nSPS) is 13.6. The van der Waals surface area contributed by atoms with Crippen LogP contribution in [-0.2, 0) is 9.53 Å². The summed E-state index contributed by atoms with van der Waals surface area (Å²) in [6.45, 7) is 3.35. The average Bonchev–Trinajstić information content (AvgIpc) is 2.81. The van der Waals surface area contributed by atoms with E-state index in [1.54, 1.807) is 26.0 Å². The third-order valence-corrected chi connectivity index (χ3v) is 5.42. The highest BCUT2D eigenvalue weighted by Gasteiger charge is 2.29. The lowest BCUT2D eigenvalue weighted by Gasteiger charge is -2.26. The van der Waals surface area contributed by atoms with Crippen LogP contribution in [0.15, 0.2) is 66.9 Å². The zero-order chi connectivity index (χ0) is 24.0. The molecule has 0 aliphatic heterocycles. The number of aromatic nitrogens is 1. The van der Waals surface area contributed by atoms with Gasteiger partial charge in [-0.3, -0.25) is 9.59 Å². The summed E-state index contributed by atoms with van der Waals surface area (Å²) < 4.78 is 24.2. The smallest absolute Gasteiger partial charge is 0.309 e. The molecule has 0 saturated carbocycles. The molecule has 2 aromatic carbocycles. The van der Waals surface area contributed by atoms with Gasteiger partial charge in [-0.1, -0.05) is 49.4 Å². The van der Waals surface area contributed by atoms with Crippen LogP contribution in [-0.4, -0.2) is 35.1 Å². The van der Waals surface area contributed by atoms with Gasteiger partial charge in [0.2, 0.25) is 0 Å². The maximum Gasteiger partial charge on any atom is 0.309 e. The Hall–Kier alpha value is -3.74. The van der Waals surface area contributed by atoms with Crippen molar-refractivity contribution in [2.75, 3.05) is 7.11 Å². The molecule has 1 aromatic heterocycles. The highest BCUT2D eigenvalue weighted by Crippen LogP contribution is 2.32. The van der Waals surface area contributed by atoms with Gasteiger partial charge >= 0.3 is 5.97 Å². The van der Waals surface area contributed by atoms with Gasteiger partial charge in [-0.15, -0.1) is 0 Å². The van der Waals surface area contributed by atoms with Gasteiger partial charge in [0, 0.05) is 24.6 Å². The number of pyridine rings is 1. The largest absolute Gasteiger partial charge is 0.503 e. The van der Waals surface area contributed by atoms with E-state index in [0.29, 0.717) is 0 Å². The Morgan fingerprint density at radius 3 is 2.27 bits per heavy atom. The fourth-order valence-corrected chi connectivity index (χ4v) is 3.70.